The Hall–Kier alpha value is -1.13. The SMILES string of the molecule is CC.O=c1[nH]cnc2cc(Cl)nc(Cl)c12. The number of H-pyrrole nitrogens is 1. The number of nitrogens with one attached hydrogen (secondary N) is 1. The predicted molar refractivity (Wildman–Crippen MR) is 61.5 cm³/mol. The van der Waals surface area contributed by atoms with Crippen LogP contribution in [0.25, 0.3) is 10.9 Å². The Kier molecular flexibility index (Phi) is 4.05. The number of rotatable bonds is 0. The number of aromatic nitrogens is 3. The van der Waals surface area contributed by atoms with Crippen LogP contribution in [0.15, 0.2) is 17.2 Å². The maximum absolute atomic E-state index is 11.2. The Morgan fingerprint density at radius 3 is 2.67 bits per heavy atom. The summed E-state index contributed by atoms with van der Waals surface area (Å²) in [7, 11) is 0. The quantitative estimate of drug-likeness (QED) is 0.727. The molecule has 0 aliphatic carbocycles. The Bertz CT molecular complexity index is 524. The molecule has 0 atom stereocenters. The van der Waals surface area contributed by atoms with Crippen LogP contribution in [0.3, 0.4) is 0 Å². The first-order valence-corrected chi connectivity index (χ1v) is 5.13. The van der Waals surface area contributed by atoms with Gasteiger partial charge in [-0.2, -0.15) is 0 Å². The van der Waals surface area contributed by atoms with Crippen LogP contribution >= 0.6 is 23.2 Å². The van der Waals surface area contributed by atoms with Crippen LogP contribution in [0.4, 0.5) is 0 Å². The summed E-state index contributed by atoms with van der Waals surface area (Å²) in [4.78, 5) is 21.3. The van der Waals surface area contributed by atoms with Gasteiger partial charge in [-0.1, -0.05) is 37.0 Å². The van der Waals surface area contributed by atoms with Crippen molar-refractivity contribution in [3.8, 4) is 0 Å². The van der Waals surface area contributed by atoms with Crippen molar-refractivity contribution in [1.82, 2.24) is 15.0 Å². The summed E-state index contributed by atoms with van der Waals surface area (Å²) >= 11 is 11.3. The number of nitrogens with zero attached hydrogens (tertiary/aromatic N) is 2. The number of hydrogen-bond donors (Lipinski definition) is 1. The highest BCUT2D eigenvalue weighted by Gasteiger charge is 2.06. The van der Waals surface area contributed by atoms with E-state index in [1.54, 1.807) is 0 Å². The largest absolute Gasteiger partial charge is 0.313 e. The van der Waals surface area contributed by atoms with Crippen LogP contribution in [0.2, 0.25) is 10.3 Å². The van der Waals surface area contributed by atoms with Crippen LogP contribution in [-0.4, -0.2) is 15.0 Å². The fourth-order valence-corrected chi connectivity index (χ4v) is 1.52. The van der Waals surface area contributed by atoms with Crippen molar-refractivity contribution in [2.75, 3.05) is 0 Å². The average Bonchev–Trinajstić information content (AvgIpc) is 2.19. The fraction of sp³-hybridized carbons (Fsp3) is 0.222. The van der Waals surface area contributed by atoms with Crippen molar-refractivity contribution < 1.29 is 0 Å². The lowest BCUT2D eigenvalue weighted by Crippen LogP contribution is -2.07. The van der Waals surface area contributed by atoms with E-state index in [-0.39, 0.29) is 21.3 Å². The molecule has 0 aliphatic heterocycles. The van der Waals surface area contributed by atoms with Gasteiger partial charge in [-0.25, -0.2) is 9.97 Å². The lowest BCUT2D eigenvalue weighted by atomic mass is 10.3. The summed E-state index contributed by atoms with van der Waals surface area (Å²) in [6.45, 7) is 4.00. The van der Waals surface area contributed by atoms with E-state index in [0.717, 1.165) is 0 Å². The molecule has 4 nitrogen and oxygen atoms in total. The zero-order chi connectivity index (χ0) is 11.4. The van der Waals surface area contributed by atoms with E-state index in [0.29, 0.717) is 5.52 Å². The van der Waals surface area contributed by atoms with E-state index in [4.69, 9.17) is 23.2 Å². The second-order valence-corrected chi connectivity index (χ2v) is 3.11. The molecule has 2 heterocycles. The van der Waals surface area contributed by atoms with Gasteiger partial charge in [-0.3, -0.25) is 4.79 Å². The van der Waals surface area contributed by atoms with Gasteiger partial charge in [0.1, 0.15) is 15.7 Å². The van der Waals surface area contributed by atoms with Gasteiger partial charge in [0.25, 0.3) is 5.56 Å². The lowest BCUT2D eigenvalue weighted by molar-refractivity contribution is 1.16. The molecule has 0 aromatic carbocycles. The van der Waals surface area contributed by atoms with Gasteiger partial charge < -0.3 is 4.98 Å². The molecule has 2 aromatic rings. The molecule has 0 radical (unpaired) electrons. The van der Waals surface area contributed by atoms with Gasteiger partial charge >= 0.3 is 0 Å². The lowest BCUT2D eigenvalue weighted by Gasteiger charge is -1.97. The van der Waals surface area contributed by atoms with Crippen LogP contribution in [0, 0.1) is 0 Å². The van der Waals surface area contributed by atoms with Crippen molar-refractivity contribution in [3.63, 3.8) is 0 Å². The first-order valence-electron chi connectivity index (χ1n) is 4.38. The molecule has 2 aromatic heterocycles. The third kappa shape index (κ3) is 2.46. The van der Waals surface area contributed by atoms with Gasteiger partial charge in [0, 0.05) is 6.07 Å². The Morgan fingerprint density at radius 2 is 2.00 bits per heavy atom. The number of pyridine rings is 1. The maximum Gasteiger partial charge on any atom is 0.261 e. The molecule has 1 N–H and O–H groups in total. The van der Waals surface area contributed by atoms with Gasteiger partial charge in [0.15, 0.2) is 0 Å². The average molecular weight is 246 g/mol. The molecular weight excluding hydrogens is 237 g/mol. The zero-order valence-corrected chi connectivity index (χ0v) is 9.73. The highest BCUT2D eigenvalue weighted by atomic mass is 35.5. The maximum atomic E-state index is 11.2. The van der Waals surface area contributed by atoms with Gasteiger partial charge in [0.2, 0.25) is 0 Å². The summed E-state index contributed by atoms with van der Waals surface area (Å²) in [5, 5.41) is 0.543. The van der Waals surface area contributed by atoms with Crippen LogP contribution < -0.4 is 5.56 Å². The van der Waals surface area contributed by atoms with Crippen molar-refractivity contribution >= 4 is 34.1 Å². The summed E-state index contributed by atoms with van der Waals surface area (Å²) in [5.41, 5.74) is 0.118. The van der Waals surface area contributed by atoms with Crippen molar-refractivity contribution in [2.45, 2.75) is 13.8 Å². The number of halogens is 2. The van der Waals surface area contributed by atoms with Crippen molar-refractivity contribution in [1.29, 1.82) is 0 Å². The minimum absolute atomic E-state index is 0.0665. The predicted octanol–water partition coefficient (Wildman–Crippen LogP) is 2.65. The molecule has 0 saturated carbocycles. The molecule has 0 amide bonds. The summed E-state index contributed by atoms with van der Waals surface area (Å²) < 4.78 is 0. The number of hydrogen-bond acceptors (Lipinski definition) is 3. The highest BCUT2D eigenvalue weighted by molar-refractivity contribution is 6.36. The van der Waals surface area contributed by atoms with Gasteiger partial charge in [-0.15, -0.1) is 0 Å². The number of aromatic amines is 1. The normalized spacial score (nSPS) is 9.60. The summed E-state index contributed by atoms with van der Waals surface area (Å²) in [5.74, 6) is 0. The molecule has 0 saturated heterocycles. The monoisotopic (exact) mass is 245 g/mol. The zero-order valence-electron chi connectivity index (χ0n) is 8.21. The van der Waals surface area contributed by atoms with E-state index < -0.39 is 0 Å². The molecule has 0 bridgehead atoms. The van der Waals surface area contributed by atoms with E-state index in [1.165, 1.54) is 12.4 Å². The molecule has 2 rings (SSSR count). The first-order chi connectivity index (χ1) is 7.18. The highest BCUT2D eigenvalue weighted by Crippen LogP contribution is 2.19. The van der Waals surface area contributed by atoms with E-state index >= 15 is 0 Å². The standard InChI is InChI=1S/C7H3Cl2N3O.C2H6/c8-4-1-3-5(6(9)12-4)7(13)11-2-10-3;1-2/h1-2H,(H,10,11,13);1-2H3. The molecule has 80 valence electrons. The summed E-state index contributed by atoms with van der Waals surface area (Å²) in [6.07, 6.45) is 1.29. The Labute approximate surface area is 96.3 Å². The smallest absolute Gasteiger partial charge is 0.261 e. The Morgan fingerprint density at radius 1 is 1.33 bits per heavy atom. The third-order valence-electron chi connectivity index (χ3n) is 1.55. The number of fused-ring (bicyclic) bond motifs is 1. The van der Waals surface area contributed by atoms with Gasteiger partial charge in [-0.05, 0) is 0 Å². The summed E-state index contributed by atoms with van der Waals surface area (Å²) in [6, 6.07) is 1.48. The van der Waals surface area contributed by atoms with Gasteiger partial charge in [0.05, 0.1) is 11.8 Å². The van der Waals surface area contributed by atoms with Crippen LogP contribution in [-0.2, 0) is 0 Å². The second-order valence-electron chi connectivity index (χ2n) is 2.36. The van der Waals surface area contributed by atoms with Crippen LogP contribution in [0.5, 0.6) is 0 Å². The third-order valence-corrected chi connectivity index (χ3v) is 2.02. The molecule has 6 heteroatoms. The van der Waals surface area contributed by atoms with Crippen molar-refractivity contribution in [2.24, 2.45) is 0 Å². The molecule has 0 fully saturated rings. The van der Waals surface area contributed by atoms with Crippen molar-refractivity contribution in [3.05, 3.63) is 33.1 Å². The minimum Gasteiger partial charge on any atom is -0.313 e. The van der Waals surface area contributed by atoms with E-state index in [9.17, 15) is 4.79 Å². The Balaban J connectivity index is 0.000000531. The molecule has 0 aliphatic rings. The molecule has 0 spiro atoms. The second kappa shape index (κ2) is 5.09. The van der Waals surface area contributed by atoms with E-state index in [1.807, 2.05) is 13.8 Å². The first kappa shape index (κ1) is 11.9. The van der Waals surface area contributed by atoms with E-state index in [2.05, 4.69) is 15.0 Å². The van der Waals surface area contributed by atoms with Crippen LogP contribution in [0.1, 0.15) is 13.8 Å². The fourth-order valence-electron chi connectivity index (χ4n) is 1.02. The molecular formula is C9H9Cl2N3O. The minimum atomic E-state index is -0.320. The topological polar surface area (TPSA) is 58.6 Å². The molecule has 0 unspecified atom stereocenters. The molecule has 15 heavy (non-hydrogen) atoms.